The highest BCUT2D eigenvalue weighted by Gasteiger charge is 2.15. The van der Waals surface area contributed by atoms with Crippen molar-refractivity contribution < 1.29 is 14.5 Å². The molecule has 29 heavy (non-hydrogen) atoms. The number of rotatable bonds is 7. The molecule has 0 aliphatic heterocycles. The van der Waals surface area contributed by atoms with Crippen LogP contribution in [0.5, 0.6) is 5.75 Å². The second-order valence-corrected chi connectivity index (χ2v) is 6.94. The van der Waals surface area contributed by atoms with Crippen LogP contribution in [0.1, 0.15) is 5.56 Å². The van der Waals surface area contributed by atoms with Crippen molar-refractivity contribution in [2.45, 2.75) is 12.1 Å². The summed E-state index contributed by atoms with van der Waals surface area (Å²) in [6, 6.07) is 11.5. The quantitative estimate of drug-likeness (QED) is 0.260. The summed E-state index contributed by atoms with van der Waals surface area (Å²) >= 11 is 1.11. The number of carbonyl (C=O) groups excluding carboxylic acids is 1. The third-order valence-electron chi connectivity index (χ3n) is 4.05. The van der Waals surface area contributed by atoms with E-state index in [0.29, 0.717) is 22.4 Å². The van der Waals surface area contributed by atoms with E-state index in [2.05, 4.69) is 15.5 Å². The van der Waals surface area contributed by atoms with Gasteiger partial charge in [0.05, 0.1) is 23.5 Å². The van der Waals surface area contributed by atoms with Gasteiger partial charge in [-0.05, 0) is 36.8 Å². The van der Waals surface area contributed by atoms with Gasteiger partial charge in [0.2, 0.25) is 11.1 Å². The maximum atomic E-state index is 12.3. The van der Waals surface area contributed by atoms with Gasteiger partial charge >= 0.3 is 0 Å². The minimum atomic E-state index is -0.512. The van der Waals surface area contributed by atoms with E-state index in [1.54, 1.807) is 44.4 Å². The number of aryl methyl sites for hydroxylation is 1. The van der Waals surface area contributed by atoms with Crippen LogP contribution in [0, 0.1) is 17.0 Å². The minimum absolute atomic E-state index is 0.0140. The number of ether oxygens (including phenoxy) is 1. The van der Waals surface area contributed by atoms with Gasteiger partial charge < -0.3 is 15.9 Å². The fourth-order valence-electron chi connectivity index (χ4n) is 2.49. The van der Waals surface area contributed by atoms with E-state index in [1.165, 1.54) is 16.8 Å². The SMILES string of the molecule is COc1ccc(-c2nnc(SCC(=O)Nc3cc([N+](=O)[O-])ccc3C)n2N)cc1. The molecule has 0 spiro atoms. The van der Waals surface area contributed by atoms with Gasteiger partial charge in [0.25, 0.3) is 5.69 Å². The first-order chi connectivity index (χ1) is 13.9. The van der Waals surface area contributed by atoms with Gasteiger partial charge in [-0.15, -0.1) is 10.2 Å². The van der Waals surface area contributed by atoms with Crippen molar-refractivity contribution in [2.24, 2.45) is 0 Å². The van der Waals surface area contributed by atoms with Crippen LogP contribution >= 0.6 is 11.8 Å². The van der Waals surface area contributed by atoms with E-state index in [1.807, 2.05) is 0 Å². The number of aromatic nitrogens is 3. The number of nitrogens with one attached hydrogen (secondary N) is 1. The van der Waals surface area contributed by atoms with Crippen molar-refractivity contribution in [2.75, 3.05) is 24.0 Å². The van der Waals surface area contributed by atoms with Crippen molar-refractivity contribution in [1.29, 1.82) is 0 Å². The number of amides is 1. The predicted octanol–water partition coefficient (Wildman–Crippen LogP) is 2.61. The van der Waals surface area contributed by atoms with Gasteiger partial charge in [0.1, 0.15) is 5.75 Å². The number of anilines is 1. The molecule has 10 nitrogen and oxygen atoms in total. The number of nitrogens with two attached hydrogens (primary N) is 1. The number of nitro groups is 1. The van der Waals surface area contributed by atoms with E-state index < -0.39 is 4.92 Å². The molecule has 3 rings (SSSR count). The highest BCUT2D eigenvalue weighted by atomic mass is 32.2. The molecular formula is C18H18N6O4S. The largest absolute Gasteiger partial charge is 0.497 e. The molecule has 3 N–H and O–H groups in total. The van der Waals surface area contributed by atoms with Gasteiger partial charge in [0, 0.05) is 17.7 Å². The molecule has 0 saturated carbocycles. The molecule has 0 fully saturated rings. The van der Waals surface area contributed by atoms with Gasteiger partial charge in [-0.25, -0.2) is 4.68 Å². The summed E-state index contributed by atoms with van der Waals surface area (Å²) in [7, 11) is 1.58. The summed E-state index contributed by atoms with van der Waals surface area (Å²) in [4.78, 5) is 22.7. The summed E-state index contributed by atoms with van der Waals surface area (Å²) < 4.78 is 6.43. The second kappa shape index (κ2) is 8.61. The maximum absolute atomic E-state index is 12.3. The first kappa shape index (κ1) is 20.1. The Morgan fingerprint density at radius 3 is 2.66 bits per heavy atom. The number of hydrogen-bond acceptors (Lipinski definition) is 8. The number of nitrogens with zero attached hydrogens (tertiary/aromatic N) is 4. The molecule has 0 aliphatic rings. The van der Waals surface area contributed by atoms with Crippen molar-refractivity contribution >= 4 is 29.0 Å². The lowest BCUT2D eigenvalue weighted by Crippen LogP contribution is -2.17. The fraction of sp³-hybridized carbons (Fsp3) is 0.167. The molecule has 1 aromatic heterocycles. The smallest absolute Gasteiger partial charge is 0.271 e. The molecule has 0 aliphatic carbocycles. The number of thioether (sulfide) groups is 1. The Hall–Kier alpha value is -3.60. The van der Waals surface area contributed by atoms with Gasteiger partial charge in [-0.3, -0.25) is 14.9 Å². The molecule has 0 radical (unpaired) electrons. The van der Waals surface area contributed by atoms with E-state index in [4.69, 9.17) is 10.6 Å². The number of nitrogen functional groups attached to an aromatic ring is 1. The summed E-state index contributed by atoms with van der Waals surface area (Å²) in [5.41, 5.74) is 1.77. The zero-order chi connectivity index (χ0) is 21.0. The molecule has 1 heterocycles. The highest BCUT2D eigenvalue weighted by molar-refractivity contribution is 7.99. The maximum Gasteiger partial charge on any atom is 0.271 e. The molecule has 0 saturated heterocycles. The average molecular weight is 414 g/mol. The topological polar surface area (TPSA) is 138 Å². The first-order valence-electron chi connectivity index (χ1n) is 8.41. The van der Waals surface area contributed by atoms with Gasteiger partial charge in [-0.2, -0.15) is 0 Å². The summed E-state index contributed by atoms with van der Waals surface area (Å²) in [6.07, 6.45) is 0. The molecule has 1 amide bonds. The van der Waals surface area contributed by atoms with Gasteiger partial charge in [-0.1, -0.05) is 17.8 Å². The van der Waals surface area contributed by atoms with E-state index in [-0.39, 0.29) is 17.3 Å². The van der Waals surface area contributed by atoms with Crippen molar-refractivity contribution in [1.82, 2.24) is 14.9 Å². The molecule has 0 unspecified atom stereocenters. The fourth-order valence-corrected chi connectivity index (χ4v) is 3.14. The summed E-state index contributed by atoms with van der Waals surface area (Å²) in [5, 5.41) is 22.0. The normalized spacial score (nSPS) is 10.6. The Bertz CT molecular complexity index is 1050. The molecule has 0 atom stereocenters. The molecule has 3 aromatic rings. The predicted molar refractivity (Wildman–Crippen MR) is 109 cm³/mol. The Morgan fingerprint density at radius 1 is 1.28 bits per heavy atom. The lowest BCUT2D eigenvalue weighted by Gasteiger charge is -2.08. The Labute approximate surface area is 170 Å². The highest BCUT2D eigenvalue weighted by Crippen LogP contribution is 2.25. The minimum Gasteiger partial charge on any atom is -0.497 e. The number of methoxy groups -OCH3 is 1. The molecule has 0 bridgehead atoms. The Morgan fingerprint density at radius 2 is 2.00 bits per heavy atom. The Kier molecular flexibility index (Phi) is 5.98. The zero-order valence-corrected chi connectivity index (χ0v) is 16.5. The van der Waals surface area contributed by atoms with Gasteiger partial charge in [0.15, 0.2) is 5.82 Å². The third kappa shape index (κ3) is 4.63. The van der Waals surface area contributed by atoms with Crippen LogP contribution < -0.4 is 15.9 Å². The molecule has 150 valence electrons. The molecule has 11 heteroatoms. The monoisotopic (exact) mass is 414 g/mol. The van der Waals surface area contributed by atoms with Crippen molar-refractivity contribution in [3.05, 3.63) is 58.1 Å². The number of non-ortho nitro benzene ring substituents is 1. The lowest BCUT2D eigenvalue weighted by atomic mass is 10.2. The van der Waals surface area contributed by atoms with Crippen LogP contribution in [0.3, 0.4) is 0 Å². The van der Waals surface area contributed by atoms with Crippen LogP contribution in [0.15, 0.2) is 47.6 Å². The Balaban J connectivity index is 1.66. The van der Waals surface area contributed by atoms with Crippen LogP contribution in [-0.2, 0) is 4.79 Å². The number of carbonyl (C=O) groups is 1. The van der Waals surface area contributed by atoms with E-state index in [9.17, 15) is 14.9 Å². The van der Waals surface area contributed by atoms with E-state index in [0.717, 1.165) is 22.9 Å². The van der Waals surface area contributed by atoms with Crippen molar-refractivity contribution in [3.63, 3.8) is 0 Å². The third-order valence-corrected chi connectivity index (χ3v) is 4.99. The standard InChI is InChI=1S/C18H18N6O4S/c1-11-3-6-13(24(26)27)9-15(11)20-16(25)10-29-18-22-21-17(23(18)19)12-4-7-14(28-2)8-5-12/h3-9H,10,19H2,1-2H3,(H,20,25). The molecule has 2 aromatic carbocycles. The van der Waals surface area contributed by atoms with Crippen LogP contribution in [0.2, 0.25) is 0 Å². The average Bonchev–Trinajstić information content (AvgIpc) is 3.08. The van der Waals surface area contributed by atoms with Crippen LogP contribution in [0.25, 0.3) is 11.4 Å². The summed E-state index contributed by atoms with van der Waals surface area (Å²) in [6.45, 7) is 1.75. The number of hydrogen-bond donors (Lipinski definition) is 2. The van der Waals surface area contributed by atoms with Crippen molar-refractivity contribution in [3.8, 4) is 17.1 Å². The zero-order valence-electron chi connectivity index (χ0n) is 15.7. The lowest BCUT2D eigenvalue weighted by molar-refractivity contribution is -0.384. The number of benzene rings is 2. The van der Waals surface area contributed by atoms with Crippen LogP contribution in [-0.4, -0.2) is 38.6 Å². The molecular weight excluding hydrogens is 396 g/mol. The van der Waals surface area contributed by atoms with E-state index >= 15 is 0 Å². The number of nitro benzene ring substituents is 1. The summed E-state index contributed by atoms with van der Waals surface area (Å²) in [5.74, 6) is 6.89. The first-order valence-corrected chi connectivity index (χ1v) is 9.40. The van der Waals surface area contributed by atoms with Crippen LogP contribution in [0.4, 0.5) is 11.4 Å². The second-order valence-electron chi connectivity index (χ2n) is 6.00.